The van der Waals surface area contributed by atoms with Gasteiger partial charge >= 0.3 is 0 Å². The predicted octanol–water partition coefficient (Wildman–Crippen LogP) is 4.77. The lowest BCUT2D eigenvalue weighted by Crippen LogP contribution is -2.53. The Hall–Kier alpha value is -1.77. The van der Waals surface area contributed by atoms with Crippen LogP contribution in [-0.4, -0.2) is 30.1 Å². The zero-order chi connectivity index (χ0) is 23.3. The van der Waals surface area contributed by atoms with Gasteiger partial charge in [0, 0.05) is 35.5 Å². The standard InChI is InChI=1S/C28H35NO4/c1-15-7-8-28(32-14-15)16(2)25-23(33-28)10-21-19-6-5-18-9-22(30)17(13-29)12-26(18,3)20(19)11-24(31)27(21,25)4/h11-12,15-16,18-19,21,23,25H,5-10,14H2,1-4H3/t15-,16+,18?,19?,21?,23?,25?,26+,27-,28-/m1/s1. The average molecular weight is 450 g/mol. The third-order valence-corrected chi connectivity index (χ3v) is 10.8. The maximum absolute atomic E-state index is 14.0. The minimum Gasteiger partial charge on any atom is -0.349 e. The molecule has 0 bridgehead atoms. The van der Waals surface area contributed by atoms with E-state index in [9.17, 15) is 14.9 Å². The Bertz CT molecular complexity index is 1030. The van der Waals surface area contributed by atoms with E-state index < -0.39 is 11.2 Å². The lowest BCUT2D eigenvalue weighted by Gasteiger charge is -2.54. The van der Waals surface area contributed by atoms with Gasteiger partial charge in [-0.3, -0.25) is 9.59 Å². The van der Waals surface area contributed by atoms with Crippen LogP contribution in [0.25, 0.3) is 0 Å². The largest absolute Gasteiger partial charge is 0.349 e. The molecule has 5 heteroatoms. The van der Waals surface area contributed by atoms with Crippen LogP contribution in [0.3, 0.4) is 0 Å². The normalized spacial score (nSPS) is 52.9. The first-order chi connectivity index (χ1) is 15.6. The molecule has 2 aliphatic heterocycles. The first-order valence-electron chi connectivity index (χ1n) is 12.9. The highest BCUT2D eigenvalue weighted by atomic mass is 16.7. The summed E-state index contributed by atoms with van der Waals surface area (Å²) in [4.78, 5) is 26.4. The summed E-state index contributed by atoms with van der Waals surface area (Å²) < 4.78 is 13.1. The minimum absolute atomic E-state index is 0.0456. The van der Waals surface area contributed by atoms with E-state index in [4.69, 9.17) is 9.47 Å². The monoisotopic (exact) mass is 449 g/mol. The van der Waals surface area contributed by atoms with E-state index in [0.29, 0.717) is 18.3 Å². The number of nitrogens with zero attached hydrogens (tertiary/aromatic N) is 1. The van der Waals surface area contributed by atoms with Crippen molar-refractivity contribution in [3.05, 3.63) is 23.3 Å². The number of carbonyl (C=O) groups is 2. The van der Waals surface area contributed by atoms with E-state index in [0.717, 1.165) is 44.3 Å². The molecule has 0 aromatic heterocycles. The number of hydrogen-bond donors (Lipinski definition) is 0. The molecule has 176 valence electrons. The van der Waals surface area contributed by atoms with Gasteiger partial charge in [0.05, 0.1) is 18.3 Å². The Kier molecular flexibility index (Phi) is 4.54. The van der Waals surface area contributed by atoms with Crippen LogP contribution in [-0.2, 0) is 19.1 Å². The third kappa shape index (κ3) is 2.66. The van der Waals surface area contributed by atoms with Crippen LogP contribution in [0.2, 0.25) is 0 Å². The van der Waals surface area contributed by atoms with Gasteiger partial charge in [0.15, 0.2) is 17.4 Å². The second-order valence-corrected chi connectivity index (χ2v) is 12.3. The number of ketones is 2. The lowest BCUT2D eigenvalue weighted by molar-refractivity contribution is -0.271. The van der Waals surface area contributed by atoms with Crippen molar-refractivity contribution in [2.24, 2.45) is 46.3 Å². The van der Waals surface area contributed by atoms with Crippen molar-refractivity contribution in [2.75, 3.05) is 6.61 Å². The van der Waals surface area contributed by atoms with E-state index in [1.54, 1.807) is 0 Å². The van der Waals surface area contributed by atoms with Crippen LogP contribution in [0.15, 0.2) is 23.3 Å². The zero-order valence-corrected chi connectivity index (χ0v) is 20.2. The molecule has 0 radical (unpaired) electrons. The molecule has 33 heavy (non-hydrogen) atoms. The van der Waals surface area contributed by atoms with Crippen LogP contribution >= 0.6 is 0 Å². The molecule has 0 aromatic rings. The highest BCUT2D eigenvalue weighted by Gasteiger charge is 2.70. The fourth-order valence-corrected chi connectivity index (χ4v) is 8.92. The van der Waals surface area contributed by atoms with Crippen molar-refractivity contribution in [1.29, 1.82) is 5.26 Å². The molecule has 1 spiro atoms. The molecule has 4 aliphatic carbocycles. The second-order valence-electron chi connectivity index (χ2n) is 12.3. The zero-order valence-electron chi connectivity index (χ0n) is 20.2. The summed E-state index contributed by atoms with van der Waals surface area (Å²) in [6.07, 6.45) is 9.19. The van der Waals surface area contributed by atoms with Crippen LogP contribution in [0, 0.1) is 57.7 Å². The molecule has 10 atom stereocenters. The van der Waals surface area contributed by atoms with Gasteiger partial charge in [-0.2, -0.15) is 5.26 Å². The molecular formula is C28H35NO4. The van der Waals surface area contributed by atoms with Gasteiger partial charge in [0.25, 0.3) is 0 Å². The summed E-state index contributed by atoms with van der Waals surface area (Å²) in [5.41, 5.74) is 0.606. The van der Waals surface area contributed by atoms with E-state index in [-0.39, 0.29) is 52.3 Å². The number of fused-ring (bicyclic) bond motifs is 7. The van der Waals surface area contributed by atoms with Crippen molar-refractivity contribution in [2.45, 2.75) is 78.1 Å². The fourth-order valence-electron chi connectivity index (χ4n) is 8.92. The van der Waals surface area contributed by atoms with Crippen LogP contribution in [0.4, 0.5) is 0 Å². The number of allylic oxidation sites excluding steroid dienone is 4. The van der Waals surface area contributed by atoms with Crippen molar-refractivity contribution >= 4 is 11.6 Å². The summed E-state index contributed by atoms with van der Waals surface area (Å²) >= 11 is 0. The highest BCUT2D eigenvalue weighted by Crippen LogP contribution is 2.68. The molecular weight excluding hydrogens is 414 g/mol. The maximum atomic E-state index is 14.0. The number of rotatable bonds is 0. The fraction of sp³-hybridized carbons (Fsp3) is 0.750. The highest BCUT2D eigenvalue weighted by molar-refractivity contribution is 6.01. The van der Waals surface area contributed by atoms with Crippen LogP contribution < -0.4 is 0 Å². The minimum atomic E-state index is -0.530. The second kappa shape index (κ2) is 6.89. The van der Waals surface area contributed by atoms with Crippen molar-refractivity contribution < 1.29 is 19.1 Å². The number of nitriles is 1. The smallest absolute Gasteiger partial charge is 0.173 e. The van der Waals surface area contributed by atoms with Gasteiger partial charge in [0.2, 0.25) is 0 Å². The molecule has 0 aromatic carbocycles. The molecule has 4 fully saturated rings. The number of ether oxygens (including phenoxy) is 2. The van der Waals surface area contributed by atoms with E-state index in [2.05, 4.69) is 33.8 Å². The molecule has 0 N–H and O–H groups in total. The summed E-state index contributed by atoms with van der Waals surface area (Å²) in [6, 6.07) is 2.11. The molecule has 5 nitrogen and oxygen atoms in total. The molecule has 6 rings (SSSR count). The maximum Gasteiger partial charge on any atom is 0.173 e. The molecule has 2 saturated heterocycles. The third-order valence-electron chi connectivity index (χ3n) is 10.8. The summed E-state index contributed by atoms with van der Waals surface area (Å²) in [7, 11) is 0. The number of Topliss-reactive ketones (excluding diaryl/α,β-unsaturated/α-hetero) is 1. The van der Waals surface area contributed by atoms with Crippen LogP contribution in [0.5, 0.6) is 0 Å². The predicted molar refractivity (Wildman–Crippen MR) is 122 cm³/mol. The first kappa shape index (κ1) is 21.7. The summed E-state index contributed by atoms with van der Waals surface area (Å²) in [5.74, 6) is 1.29. The molecule has 0 amide bonds. The Morgan fingerprint density at radius 2 is 1.94 bits per heavy atom. The Balaban J connectivity index is 1.38. The van der Waals surface area contributed by atoms with Gasteiger partial charge in [-0.05, 0) is 55.4 Å². The van der Waals surface area contributed by atoms with Gasteiger partial charge in [-0.1, -0.05) is 39.3 Å². The summed E-state index contributed by atoms with van der Waals surface area (Å²) in [5, 5.41) is 9.53. The molecule has 5 unspecified atom stereocenters. The van der Waals surface area contributed by atoms with Crippen LogP contribution in [0.1, 0.15) is 66.2 Å². The first-order valence-corrected chi connectivity index (χ1v) is 12.9. The Labute approximate surface area is 196 Å². The Morgan fingerprint density at radius 3 is 2.64 bits per heavy atom. The molecule has 2 heterocycles. The van der Waals surface area contributed by atoms with Gasteiger partial charge in [-0.25, -0.2) is 0 Å². The van der Waals surface area contributed by atoms with E-state index in [1.165, 1.54) is 0 Å². The van der Waals surface area contributed by atoms with Crippen molar-refractivity contribution in [1.82, 2.24) is 0 Å². The van der Waals surface area contributed by atoms with Crippen molar-refractivity contribution in [3.63, 3.8) is 0 Å². The SMILES string of the molecule is C[C@@H]1CC[C@@]2(OC1)OC1CC3C4CCC5CC(=O)C(C#N)=C[C@]5(C)C4=CC(=O)[C@]3(C)C1[C@@H]2C. The van der Waals surface area contributed by atoms with Crippen molar-refractivity contribution in [3.8, 4) is 6.07 Å². The number of hydrogen-bond acceptors (Lipinski definition) is 5. The molecule has 2 saturated carbocycles. The van der Waals surface area contributed by atoms with Gasteiger partial charge in [0.1, 0.15) is 6.07 Å². The topological polar surface area (TPSA) is 76.4 Å². The lowest BCUT2D eigenvalue weighted by atomic mass is 9.49. The average Bonchev–Trinajstić information content (AvgIpc) is 3.23. The quantitative estimate of drug-likeness (QED) is 0.532. The molecule has 6 aliphatic rings. The van der Waals surface area contributed by atoms with Gasteiger partial charge < -0.3 is 9.47 Å². The Morgan fingerprint density at radius 1 is 1.15 bits per heavy atom. The van der Waals surface area contributed by atoms with E-state index in [1.807, 2.05) is 12.2 Å². The van der Waals surface area contributed by atoms with Gasteiger partial charge in [-0.15, -0.1) is 0 Å². The summed E-state index contributed by atoms with van der Waals surface area (Å²) in [6.45, 7) is 9.54. The number of carbonyl (C=O) groups excluding carboxylic acids is 2. The van der Waals surface area contributed by atoms with E-state index >= 15 is 0 Å².